The second kappa shape index (κ2) is 7.83. The van der Waals surface area contributed by atoms with Crippen LogP contribution in [0.15, 0.2) is 53.9 Å². The zero-order valence-electron chi connectivity index (χ0n) is 17.0. The Balaban J connectivity index is 2.07. The molecule has 160 valence electrons. The molecule has 0 N–H and O–H groups in total. The monoisotopic (exact) mass is 435 g/mol. The highest BCUT2D eigenvalue weighted by Gasteiger charge is 2.36. The van der Waals surface area contributed by atoms with Crippen molar-refractivity contribution in [2.45, 2.75) is 37.2 Å². The summed E-state index contributed by atoms with van der Waals surface area (Å²) < 4.78 is 57.3. The standard InChI is InChI=1S/C22H23F2NO4S/c1-5-22(23,24)15(3)29-20-10-9-16(30(4,27)28)13-18(20)21(26)25-12-11-17-14(2)7-6-8-19(17)25/h5-10,13,15H,1,11-12H2,2-4H3/t15-/m0/s1. The summed E-state index contributed by atoms with van der Waals surface area (Å²) in [5.41, 5.74) is 2.71. The summed E-state index contributed by atoms with van der Waals surface area (Å²) in [6.07, 6.45) is 0.545. The number of benzene rings is 2. The quantitative estimate of drug-likeness (QED) is 0.639. The van der Waals surface area contributed by atoms with Crippen LogP contribution in [0.25, 0.3) is 0 Å². The van der Waals surface area contributed by atoms with Gasteiger partial charge in [-0.1, -0.05) is 18.7 Å². The maximum absolute atomic E-state index is 13.9. The number of fused-ring (bicyclic) bond motifs is 1. The van der Waals surface area contributed by atoms with E-state index in [4.69, 9.17) is 4.74 Å². The Morgan fingerprint density at radius 3 is 2.63 bits per heavy atom. The highest BCUT2D eigenvalue weighted by Crippen LogP contribution is 2.35. The molecule has 0 fully saturated rings. The average molecular weight is 435 g/mol. The number of rotatable bonds is 6. The van der Waals surface area contributed by atoms with Crippen LogP contribution in [0.2, 0.25) is 0 Å². The number of hydrogen-bond donors (Lipinski definition) is 0. The number of nitrogens with zero attached hydrogens (tertiary/aromatic N) is 1. The van der Waals surface area contributed by atoms with E-state index in [0.717, 1.165) is 30.0 Å². The van der Waals surface area contributed by atoms with Crippen molar-refractivity contribution in [2.24, 2.45) is 0 Å². The fourth-order valence-electron chi connectivity index (χ4n) is 3.41. The number of anilines is 1. The molecule has 0 aromatic heterocycles. The summed E-state index contributed by atoms with van der Waals surface area (Å²) in [6, 6.07) is 9.25. The first-order chi connectivity index (χ1) is 14.0. The number of carbonyl (C=O) groups is 1. The van der Waals surface area contributed by atoms with Crippen LogP contribution in [-0.2, 0) is 16.3 Å². The first kappa shape index (κ1) is 22.0. The predicted molar refractivity (Wildman–Crippen MR) is 111 cm³/mol. The van der Waals surface area contributed by atoms with E-state index in [1.54, 1.807) is 0 Å². The second-order valence-corrected chi connectivity index (χ2v) is 9.36. The largest absolute Gasteiger partial charge is 0.483 e. The lowest BCUT2D eigenvalue weighted by molar-refractivity contribution is -0.0465. The molecule has 30 heavy (non-hydrogen) atoms. The van der Waals surface area contributed by atoms with Gasteiger partial charge in [0.2, 0.25) is 0 Å². The fraction of sp³-hybridized carbons (Fsp3) is 0.318. The molecule has 1 heterocycles. The van der Waals surface area contributed by atoms with Gasteiger partial charge in [0.1, 0.15) is 5.75 Å². The van der Waals surface area contributed by atoms with Gasteiger partial charge in [0, 0.05) is 18.5 Å². The third kappa shape index (κ3) is 4.09. The minimum Gasteiger partial charge on any atom is -0.483 e. The lowest BCUT2D eigenvalue weighted by Crippen LogP contribution is -2.35. The minimum atomic E-state index is -3.62. The molecule has 2 aromatic carbocycles. The molecule has 1 aliphatic rings. The number of ether oxygens (including phenoxy) is 1. The highest BCUT2D eigenvalue weighted by atomic mass is 32.2. The number of sulfone groups is 1. The summed E-state index contributed by atoms with van der Waals surface area (Å²) in [7, 11) is -3.62. The Morgan fingerprint density at radius 2 is 2.00 bits per heavy atom. The van der Waals surface area contributed by atoms with Crippen molar-refractivity contribution < 1.29 is 26.7 Å². The van der Waals surface area contributed by atoms with Gasteiger partial charge < -0.3 is 9.64 Å². The third-order valence-corrected chi connectivity index (χ3v) is 6.34. The van der Waals surface area contributed by atoms with Crippen LogP contribution in [0.4, 0.5) is 14.5 Å². The van der Waals surface area contributed by atoms with Gasteiger partial charge in [-0.2, -0.15) is 8.78 Å². The summed E-state index contributed by atoms with van der Waals surface area (Å²) in [5, 5.41) is 0. The van der Waals surface area contributed by atoms with Crippen molar-refractivity contribution in [2.75, 3.05) is 17.7 Å². The van der Waals surface area contributed by atoms with Gasteiger partial charge >= 0.3 is 5.92 Å². The third-order valence-electron chi connectivity index (χ3n) is 5.23. The molecular formula is C22H23F2NO4S. The molecule has 1 aliphatic heterocycles. The number of alkyl halides is 2. The molecule has 8 heteroatoms. The number of halogens is 2. The van der Waals surface area contributed by atoms with E-state index in [2.05, 4.69) is 6.58 Å². The summed E-state index contributed by atoms with van der Waals surface area (Å²) >= 11 is 0. The fourth-order valence-corrected chi connectivity index (χ4v) is 4.06. The topological polar surface area (TPSA) is 63.7 Å². The van der Waals surface area contributed by atoms with Crippen LogP contribution in [0.5, 0.6) is 5.75 Å². The van der Waals surface area contributed by atoms with E-state index in [1.165, 1.54) is 23.1 Å². The maximum Gasteiger partial charge on any atom is 0.301 e. The van der Waals surface area contributed by atoms with Gasteiger partial charge in [0.05, 0.1) is 10.5 Å². The molecule has 1 amide bonds. The van der Waals surface area contributed by atoms with Crippen molar-refractivity contribution in [3.8, 4) is 5.75 Å². The van der Waals surface area contributed by atoms with Crippen molar-refractivity contribution in [1.82, 2.24) is 0 Å². The van der Waals surface area contributed by atoms with Crippen molar-refractivity contribution >= 4 is 21.4 Å². The van der Waals surface area contributed by atoms with Crippen LogP contribution < -0.4 is 9.64 Å². The molecule has 1 atom stereocenters. The van der Waals surface area contributed by atoms with E-state index < -0.39 is 27.8 Å². The Labute approximate surface area is 174 Å². The number of hydrogen-bond acceptors (Lipinski definition) is 4. The normalized spacial score (nSPS) is 14.9. The van der Waals surface area contributed by atoms with Crippen molar-refractivity contribution in [3.63, 3.8) is 0 Å². The van der Waals surface area contributed by atoms with Crippen molar-refractivity contribution in [1.29, 1.82) is 0 Å². The van der Waals surface area contributed by atoms with Gasteiger partial charge in [-0.25, -0.2) is 8.42 Å². The predicted octanol–water partition coefficient (Wildman–Crippen LogP) is 4.19. The first-order valence-electron chi connectivity index (χ1n) is 9.38. The highest BCUT2D eigenvalue weighted by molar-refractivity contribution is 7.90. The van der Waals surface area contributed by atoms with Gasteiger partial charge in [0.25, 0.3) is 5.91 Å². The summed E-state index contributed by atoms with van der Waals surface area (Å²) in [6.45, 7) is 6.62. The average Bonchev–Trinajstić information content (AvgIpc) is 3.12. The molecule has 0 spiro atoms. The number of carbonyl (C=O) groups excluding carboxylic acids is 1. The molecule has 0 saturated heterocycles. The smallest absolute Gasteiger partial charge is 0.301 e. The van der Waals surface area contributed by atoms with Gasteiger partial charge in [0.15, 0.2) is 15.9 Å². The minimum absolute atomic E-state index is 0.0843. The van der Waals surface area contributed by atoms with E-state index >= 15 is 0 Å². The molecule has 0 saturated carbocycles. The zero-order chi connectivity index (χ0) is 22.3. The molecule has 0 aliphatic carbocycles. The van der Waals surface area contributed by atoms with E-state index in [0.29, 0.717) is 19.0 Å². The Hall–Kier alpha value is -2.74. The lowest BCUT2D eigenvalue weighted by atomic mass is 10.1. The van der Waals surface area contributed by atoms with Crippen LogP contribution in [0, 0.1) is 6.92 Å². The summed E-state index contributed by atoms with van der Waals surface area (Å²) in [5.74, 6) is -3.94. The maximum atomic E-state index is 13.9. The molecule has 0 radical (unpaired) electrons. The summed E-state index contributed by atoms with van der Waals surface area (Å²) in [4.78, 5) is 14.8. The molecule has 3 rings (SSSR count). The SMILES string of the molecule is C=CC(F)(F)[C@H](C)Oc1ccc(S(C)(=O)=O)cc1C(=O)N1CCc2c(C)cccc21. The number of amides is 1. The molecular weight excluding hydrogens is 412 g/mol. The van der Waals surface area contributed by atoms with Crippen LogP contribution in [0.3, 0.4) is 0 Å². The Morgan fingerprint density at radius 1 is 1.30 bits per heavy atom. The van der Waals surface area contributed by atoms with Gasteiger partial charge in [-0.3, -0.25) is 4.79 Å². The van der Waals surface area contributed by atoms with Crippen LogP contribution in [0.1, 0.15) is 28.4 Å². The molecule has 5 nitrogen and oxygen atoms in total. The van der Waals surface area contributed by atoms with E-state index in [1.807, 2.05) is 25.1 Å². The van der Waals surface area contributed by atoms with E-state index in [9.17, 15) is 22.0 Å². The Kier molecular flexibility index (Phi) is 5.73. The molecule has 0 unspecified atom stereocenters. The van der Waals surface area contributed by atoms with E-state index in [-0.39, 0.29) is 16.2 Å². The lowest BCUT2D eigenvalue weighted by Gasteiger charge is -2.24. The van der Waals surface area contributed by atoms with Gasteiger partial charge in [-0.05, 0) is 61.7 Å². The zero-order valence-corrected chi connectivity index (χ0v) is 17.8. The van der Waals surface area contributed by atoms with Crippen LogP contribution in [-0.4, -0.2) is 39.2 Å². The Bertz CT molecular complexity index is 1110. The number of aryl methyl sites for hydroxylation is 1. The van der Waals surface area contributed by atoms with Gasteiger partial charge in [-0.15, -0.1) is 0 Å². The first-order valence-corrected chi connectivity index (χ1v) is 11.3. The second-order valence-electron chi connectivity index (χ2n) is 7.35. The molecule has 0 bridgehead atoms. The van der Waals surface area contributed by atoms with Crippen molar-refractivity contribution in [3.05, 3.63) is 65.7 Å². The van der Waals surface area contributed by atoms with Crippen LogP contribution >= 0.6 is 0 Å². The molecule has 2 aromatic rings.